The van der Waals surface area contributed by atoms with E-state index >= 15 is 0 Å². The van der Waals surface area contributed by atoms with E-state index in [9.17, 15) is 4.79 Å². The number of fused-ring (bicyclic) bond motifs is 1. The molecule has 4 heteroatoms. The lowest BCUT2D eigenvalue weighted by atomic mass is 10.1. The summed E-state index contributed by atoms with van der Waals surface area (Å²) in [6.07, 6.45) is 2.45. The maximum atomic E-state index is 10.9. The molecule has 0 unspecified atom stereocenters. The van der Waals surface area contributed by atoms with Gasteiger partial charge in [0.25, 0.3) is 0 Å². The maximum Gasteiger partial charge on any atom is 0.152 e. The minimum Gasteiger partial charge on any atom is -0.495 e. The Balaban J connectivity index is 2.99. The van der Waals surface area contributed by atoms with Gasteiger partial charge in [-0.05, 0) is 12.1 Å². The predicted octanol–water partition coefficient (Wildman–Crippen LogP) is 1.87. The number of nitriles is 1. The summed E-state index contributed by atoms with van der Waals surface area (Å²) in [5.41, 5.74) is 1.76. The second kappa shape index (κ2) is 3.70. The van der Waals surface area contributed by atoms with Gasteiger partial charge in [-0.15, -0.1) is 0 Å². The van der Waals surface area contributed by atoms with Crippen molar-refractivity contribution >= 4 is 17.2 Å². The molecule has 0 N–H and O–H groups in total. The van der Waals surface area contributed by atoms with Crippen molar-refractivity contribution in [2.24, 2.45) is 7.05 Å². The van der Waals surface area contributed by atoms with Crippen LogP contribution in [0.3, 0.4) is 0 Å². The standard InChI is InChI=1S/C12H10N2O2/c1-14-6-9(7-15)11-8(5-13)3-4-10(16-2)12(11)14/h3-4,6-7H,1-2H3. The molecule has 1 heterocycles. The van der Waals surface area contributed by atoms with E-state index < -0.39 is 0 Å². The number of hydrogen-bond donors (Lipinski definition) is 0. The Morgan fingerprint density at radius 3 is 2.81 bits per heavy atom. The first-order valence-corrected chi connectivity index (χ1v) is 4.74. The second-order valence-electron chi connectivity index (χ2n) is 3.46. The molecule has 1 aromatic carbocycles. The molecule has 0 bridgehead atoms. The van der Waals surface area contributed by atoms with Gasteiger partial charge in [0.2, 0.25) is 0 Å². The number of aromatic nitrogens is 1. The van der Waals surface area contributed by atoms with Crippen molar-refractivity contribution in [2.75, 3.05) is 7.11 Å². The fourth-order valence-corrected chi connectivity index (χ4v) is 1.90. The van der Waals surface area contributed by atoms with Gasteiger partial charge in [-0.1, -0.05) is 0 Å². The van der Waals surface area contributed by atoms with Crippen LogP contribution >= 0.6 is 0 Å². The van der Waals surface area contributed by atoms with Gasteiger partial charge < -0.3 is 9.30 Å². The van der Waals surface area contributed by atoms with Crippen LogP contribution in [0.15, 0.2) is 18.3 Å². The van der Waals surface area contributed by atoms with E-state index in [0.717, 1.165) is 11.8 Å². The molecule has 2 aromatic rings. The molecule has 0 atom stereocenters. The van der Waals surface area contributed by atoms with Crippen LogP contribution in [0.5, 0.6) is 5.75 Å². The van der Waals surface area contributed by atoms with Gasteiger partial charge in [-0.2, -0.15) is 5.26 Å². The number of aryl methyl sites for hydroxylation is 1. The highest BCUT2D eigenvalue weighted by Gasteiger charge is 2.14. The minimum atomic E-state index is 0.485. The Labute approximate surface area is 92.7 Å². The molecule has 0 saturated carbocycles. The molecular weight excluding hydrogens is 204 g/mol. The number of carbonyl (C=O) groups is 1. The average Bonchev–Trinajstić information content (AvgIpc) is 2.66. The topological polar surface area (TPSA) is 55.0 Å². The van der Waals surface area contributed by atoms with Gasteiger partial charge in [0.15, 0.2) is 6.29 Å². The van der Waals surface area contributed by atoms with E-state index in [1.54, 1.807) is 30.0 Å². The summed E-state index contributed by atoms with van der Waals surface area (Å²) >= 11 is 0. The van der Waals surface area contributed by atoms with Gasteiger partial charge >= 0.3 is 0 Å². The van der Waals surface area contributed by atoms with Crippen LogP contribution in [0, 0.1) is 11.3 Å². The van der Waals surface area contributed by atoms with Crippen LogP contribution in [0.4, 0.5) is 0 Å². The first-order chi connectivity index (χ1) is 7.72. The molecule has 2 rings (SSSR count). The molecule has 1 aromatic heterocycles. The Bertz CT molecular complexity index is 605. The molecule has 0 aliphatic heterocycles. The lowest BCUT2D eigenvalue weighted by Crippen LogP contribution is -1.91. The Kier molecular flexibility index (Phi) is 2.37. The molecule has 0 fully saturated rings. The average molecular weight is 214 g/mol. The van der Waals surface area contributed by atoms with Crippen LogP contribution in [-0.4, -0.2) is 18.0 Å². The third kappa shape index (κ3) is 1.26. The van der Waals surface area contributed by atoms with Crippen molar-refractivity contribution in [1.29, 1.82) is 5.26 Å². The highest BCUT2D eigenvalue weighted by molar-refractivity contribution is 6.03. The minimum absolute atomic E-state index is 0.485. The van der Waals surface area contributed by atoms with Gasteiger partial charge in [-0.3, -0.25) is 4.79 Å². The van der Waals surface area contributed by atoms with E-state index in [-0.39, 0.29) is 0 Å². The van der Waals surface area contributed by atoms with Crippen molar-refractivity contribution < 1.29 is 9.53 Å². The first-order valence-electron chi connectivity index (χ1n) is 4.74. The maximum absolute atomic E-state index is 10.9. The fourth-order valence-electron chi connectivity index (χ4n) is 1.90. The third-order valence-corrected chi connectivity index (χ3v) is 2.58. The number of aldehydes is 1. The van der Waals surface area contributed by atoms with E-state index in [4.69, 9.17) is 10.00 Å². The molecule has 0 aliphatic rings. The lowest BCUT2D eigenvalue weighted by Gasteiger charge is -2.05. The number of carbonyl (C=O) groups excluding carboxylic acids is 1. The summed E-state index contributed by atoms with van der Waals surface area (Å²) in [6, 6.07) is 5.47. The normalized spacial score (nSPS) is 10.1. The summed E-state index contributed by atoms with van der Waals surface area (Å²) < 4.78 is 7.01. The van der Waals surface area contributed by atoms with E-state index in [1.807, 2.05) is 7.05 Å². The zero-order chi connectivity index (χ0) is 11.7. The predicted molar refractivity (Wildman–Crippen MR) is 59.6 cm³/mol. The number of benzene rings is 1. The van der Waals surface area contributed by atoms with Crippen molar-refractivity contribution in [3.8, 4) is 11.8 Å². The molecular formula is C12H10N2O2. The molecule has 16 heavy (non-hydrogen) atoms. The summed E-state index contributed by atoms with van der Waals surface area (Å²) in [5.74, 6) is 0.657. The lowest BCUT2D eigenvalue weighted by molar-refractivity contribution is 0.112. The Morgan fingerprint density at radius 2 is 2.25 bits per heavy atom. The SMILES string of the molecule is COc1ccc(C#N)c2c(C=O)cn(C)c12. The molecule has 80 valence electrons. The van der Waals surface area contributed by atoms with Gasteiger partial charge in [0.05, 0.1) is 24.3 Å². The van der Waals surface area contributed by atoms with Crippen molar-refractivity contribution in [3.63, 3.8) is 0 Å². The Hall–Kier alpha value is -2.28. The van der Waals surface area contributed by atoms with Gasteiger partial charge in [0.1, 0.15) is 5.75 Å². The van der Waals surface area contributed by atoms with Crippen molar-refractivity contribution in [2.45, 2.75) is 0 Å². The monoisotopic (exact) mass is 214 g/mol. The van der Waals surface area contributed by atoms with Crippen LogP contribution in [0.25, 0.3) is 10.9 Å². The molecule has 0 amide bonds. The van der Waals surface area contributed by atoms with E-state index in [1.165, 1.54) is 0 Å². The highest BCUT2D eigenvalue weighted by Crippen LogP contribution is 2.31. The molecule has 0 spiro atoms. The van der Waals surface area contributed by atoms with Gasteiger partial charge in [0, 0.05) is 24.2 Å². The third-order valence-electron chi connectivity index (χ3n) is 2.58. The van der Waals surface area contributed by atoms with E-state index in [2.05, 4.69) is 6.07 Å². The first kappa shape index (κ1) is 10.2. The summed E-state index contributed by atoms with van der Waals surface area (Å²) in [4.78, 5) is 10.9. The zero-order valence-electron chi connectivity index (χ0n) is 9.02. The summed E-state index contributed by atoms with van der Waals surface area (Å²) in [7, 11) is 3.38. The van der Waals surface area contributed by atoms with Crippen molar-refractivity contribution in [1.82, 2.24) is 4.57 Å². The Morgan fingerprint density at radius 1 is 1.50 bits per heavy atom. The van der Waals surface area contributed by atoms with Crippen LogP contribution in [0.2, 0.25) is 0 Å². The molecule has 4 nitrogen and oxygen atoms in total. The number of rotatable bonds is 2. The number of ether oxygens (including phenoxy) is 1. The summed E-state index contributed by atoms with van der Waals surface area (Å²) in [5, 5.41) is 9.66. The quantitative estimate of drug-likeness (QED) is 0.717. The van der Waals surface area contributed by atoms with Crippen LogP contribution in [-0.2, 0) is 7.05 Å². The smallest absolute Gasteiger partial charge is 0.152 e. The van der Waals surface area contributed by atoms with Crippen LogP contribution < -0.4 is 4.74 Å². The van der Waals surface area contributed by atoms with Crippen LogP contribution in [0.1, 0.15) is 15.9 Å². The number of hydrogen-bond acceptors (Lipinski definition) is 3. The molecule has 0 saturated heterocycles. The molecule has 0 aliphatic carbocycles. The number of nitrogens with zero attached hydrogens (tertiary/aromatic N) is 2. The molecule has 0 radical (unpaired) electrons. The van der Waals surface area contributed by atoms with Gasteiger partial charge in [-0.25, -0.2) is 0 Å². The summed E-state index contributed by atoms with van der Waals surface area (Å²) in [6.45, 7) is 0. The zero-order valence-corrected chi connectivity index (χ0v) is 9.02. The van der Waals surface area contributed by atoms with E-state index in [0.29, 0.717) is 22.3 Å². The van der Waals surface area contributed by atoms with Crippen molar-refractivity contribution in [3.05, 3.63) is 29.5 Å². The second-order valence-corrected chi connectivity index (χ2v) is 3.46. The largest absolute Gasteiger partial charge is 0.495 e. The number of methoxy groups -OCH3 is 1. The fraction of sp³-hybridized carbons (Fsp3) is 0.167. The highest BCUT2D eigenvalue weighted by atomic mass is 16.5.